The van der Waals surface area contributed by atoms with E-state index in [2.05, 4.69) is 33.2 Å². The molecule has 1 heterocycles. The number of rotatable bonds is 2. The average molecular weight is 317 g/mol. The molecule has 0 atom stereocenters. The van der Waals surface area contributed by atoms with Crippen molar-refractivity contribution in [1.82, 2.24) is 9.78 Å². The number of nitrogens with zero attached hydrogens (tertiary/aromatic N) is 2. The van der Waals surface area contributed by atoms with Crippen LogP contribution in [0.3, 0.4) is 0 Å². The second-order valence-corrected chi connectivity index (χ2v) is 5.25. The van der Waals surface area contributed by atoms with E-state index in [9.17, 15) is 0 Å². The highest BCUT2D eigenvalue weighted by Gasteiger charge is 2.14. The molecular weight excluding hydrogens is 304 g/mol. The molecule has 1 aromatic heterocycles. The molecule has 0 bridgehead atoms. The summed E-state index contributed by atoms with van der Waals surface area (Å²) < 4.78 is 8.37. The predicted octanol–water partition coefficient (Wildman–Crippen LogP) is 4.01. The van der Waals surface area contributed by atoms with Crippen molar-refractivity contribution in [2.45, 2.75) is 0 Å². The third-order valence-corrected chi connectivity index (χ3v) is 3.67. The lowest BCUT2D eigenvalue weighted by atomic mass is 10.1. The van der Waals surface area contributed by atoms with Crippen molar-refractivity contribution in [1.29, 1.82) is 0 Å². The van der Waals surface area contributed by atoms with E-state index in [1.807, 2.05) is 42.1 Å². The monoisotopic (exact) mass is 316 g/mol. The predicted molar refractivity (Wildman–Crippen MR) is 80.4 cm³/mol. The maximum atomic E-state index is 5.43. The topological polar surface area (TPSA) is 27.1 Å². The van der Waals surface area contributed by atoms with Gasteiger partial charge in [-0.1, -0.05) is 28.1 Å². The minimum Gasteiger partial charge on any atom is -0.496 e. The second-order valence-electron chi connectivity index (χ2n) is 4.33. The van der Waals surface area contributed by atoms with Gasteiger partial charge in [-0.05, 0) is 30.3 Å². The zero-order valence-electron chi connectivity index (χ0n) is 10.7. The summed E-state index contributed by atoms with van der Waals surface area (Å²) in [5.41, 5.74) is 3.05. The molecular formula is C15H13BrN2O. The van der Waals surface area contributed by atoms with Crippen LogP contribution in [-0.4, -0.2) is 16.9 Å². The zero-order valence-corrected chi connectivity index (χ0v) is 12.3. The Balaban J connectivity index is 2.33. The molecule has 3 aromatic rings. The Kier molecular flexibility index (Phi) is 3.03. The summed E-state index contributed by atoms with van der Waals surface area (Å²) in [7, 11) is 3.63. The van der Waals surface area contributed by atoms with Gasteiger partial charge in [0.15, 0.2) is 0 Å². The van der Waals surface area contributed by atoms with Crippen LogP contribution in [0.15, 0.2) is 46.9 Å². The number of halogens is 1. The fourth-order valence-electron chi connectivity index (χ4n) is 2.28. The van der Waals surface area contributed by atoms with Gasteiger partial charge in [-0.15, -0.1) is 0 Å². The molecule has 0 spiro atoms. The number of hydrogen-bond acceptors (Lipinski definition) is 2. The van der Waals surface area contributed by atoms with Crippen molar-refractivity contribution in [3.8, 4) is 17.0 Å². The minimum atomic E-state index is 0.836. The Labute approximate surface area is 119 Å². The van der Waals surface area contributed by atoms with E-state index in [-0.39, 0.29) is 0 Å². The first kappa shape index (κ1) is 12.2. The molecule has 0 radical (unpaired) electrons. The van der Waals surface area contributed by atoms with E-state index in [1.165, 1.54) is 0 Å². The fraction of sp³-hybridized carbons (Fsp3) is 0.133. The van der Waals surface area contributed by atoms with Crippen LogP contribution in [0.1, 0.15) is 0 Å². The summed E-state index contributed by atoms with van der Waals surface area (Å²) in [4.78, 5) is 0. The lowest BCUT2D eigenvalue weighted by Gasteiger charge is -2.05. The van der Waals surface area contributed by atoms with Gasteiger partial charge in [-0.2, -0.15) is 5.10 Å². The molecule has 3 nitrogen and oxygen atoms in total. The Morgan fingerprint density at radius 1 is 1.16 bits per heavy atom. The van der Waals surface area contributed by atoms with Crippen LogP contribution >= 0.6 is 15.9 Å². The van der Waals surface area contributed by atoms with Gasteiger partial charge < -0.3 is 4.74 Å². The summed E-state index contributed by atoms with van der Waals surface area (Å²) in [5.74, 6) is 0.836. The molecule has 0 saturated heterocycles. The van der Waals surface area contributed by atoms with E-state index in [0.717, 1.165) is 32.4 Å². The zero-order chi connectivity index (χ0) is 13.4. The third-order valence-electron chi connectivity index (χ3n) is 3.17. The Bertz CT molecular complexity index is 749. The molecule has 0 aliphatic carbocycles. The minimum absolute atomic E-state index is 0.836. The molecule has 3 rings (SSSR count). The van der Waals surface area contributed by atoms with Crippen molar-refractivity contribution in [3.63, 3.8) is 0 Å². The lowest BCUT2D eigenvalue weighted by molar-refractivity contribution is 0.416. The van der Waals surface area contributed by atoms with Crippen molar-refractivity contribution >= 4 is 26.8 Å². The van der Waals surface area contributed by atoms with E-state index in [1.54, 1.807) is 7.11 Å². The van der Waals surface area contributed by atoms with Crippen LogP contribution in [-0.2, 0) is 7.05 Å². The normalized spacial score (nSPS) is 10.9. The van der Waals surface area contributed by atoms with Crippen molar-refractivity contribution in [2.24, 2.45) is 7.05 Å². The average Bonchev–Trinajstić information content (AvgIpc) is 2.75. The third kappa shape index (κ3) is 2.02. The highest BCUT2D eigenvalue weighted by Crippen LogP contribution is 2.34. The first-order chi connectivity index (χ1) is 9.20. The van der Waals surface area contributed by atoms with Crippen LogP contribution in [0.2, 0.25) is 0 Å². The lowest BCUT2D eigenvalue weighted by Crippen LogP contribution is -1.91. The molecule has 0 aliphatic rings. The number of para-hydroxylation sites is 1. The summed E-state index contributed by atoms with van der Waals surface area (Å²) >= 11 is 3.52. The number of ether oxygens (including phenoxy) is 1. The Morgan fingerprint density at radius 2 is 1.95 bits per heavy atom. The molecule has 4 heteroatoms. The van der Waals surface area contributed by atoms with Crippen LogP contribution < -0.4 is 4.74 Å². The van der Waals surface area contributed by atoms with Gasteiger partial charge >= 0.3 is 0 Å². The van der Waals surface area contributed by atoms with Gasteiger partial charge in [0, 0.05) is 22.5 Å². The first-order valence-corrected chi connectivity index (χ1v) is 6.75. The van der Waals surface area contributed by atoms with E-state index in [0.29, 0.717) is 0 Å². The number of hydrogen-bond donors (Lipinski definition) is 0. The fourth-order valence-corrected chi connectivity index (χ4v) is 2.64. The highest BCUT2D eigenvalue weighted by molar-refractivity contribution is 9.10. The number of fused-ring (bicyclic) bond motifs is 1. The van der Waals surface area contributed by atoms with Gasteiger partial charge in [0.25, 0.3) is 0 Å². The molecule has 0 unspecified atom stereocenters. The Morgan fingerprint density at radius 3 is 2.74 bits per heavy atom. The molecule has 0 amide bonds. The SMILES string of the molecule is COc1ccccc1-c1nn(C)c2ccc(Br)cc12. The number of aromatic nitrogens is 2. The molecule has 0 saturated carbocycles. The quantitative estimate of drug-likeness (QED) is 0.714. The van der Waals surface area contributed by atoms with E-state index >= 15 is 0 Å². The molecule has 96 valence electrons. The molecule has 2 aromatic carbocycles. The van der Waals surface area contributed by atoms with E-state index in [4.69, 9.17) is 4.74 Å². The molecule has 0 N–H and O–H groups in total. The van der Waals surface area contributed by atoms with Crippen molar-refractivity contribution < 1.29 is 4.74 Å². The summed E-state index contributed by atoms with van der Waals surface area (Å²) in [5, 5.41) is 5.74. The van der Waals surface area contributed by atoms with Crippen LogP contribution in [0.4, 0.5) is 0 Å². The largest absolute Gasteiger partial charge is 0.496 e. The van der Waals surface area contributed by atoms with Gasteiger partial charge in [-0.25, -0.2) is 0 Å². The second kappa shape index (κ2) is 4.70. The van der Waals surface area contributed by atoms with Crippen LogP contribution in [0.25, 0.3) is 22.2 Å². The highest BCUT2D eigenvalue weighted by atomic mass is 79.9. The smallest absolute Gasteiger partial charge is 0.128 e. The van der Waals surface area contributed by atoms with Crippen molar-refractivity contribution in [3.05, 3.63) is 46.9 Å². The number of aryl methyl sites for hydroxylation is 1. The Hall–Kier alpha value is -1.81. The van der Waals surface area contributed by atoms with Gasteiger partial charge in [0.05, 0.1) is 12.6 Å². The van der Waals surface area contributed by atoms with Crippen LogP contribution in [0.5, 0.6) is 5.75 Å². The van der Waals surface area contributed by atoms with E-state index < -0.39 is 0 Å². The molecule has 0 aliphatic heterocycles. The number of methoxy groups -OCH3 is 1. The summed E-state index contributed by atoms with van der Waals surface area (Å²) in [6.45, 7) is 0. The summed E-state index contributed by atoms with van der Waals surface area (Å²) in [6.07, 6.45) is 0. The maximum absolute atomic E-state index is 5.43. The summed E-state index contributed by atoms with van der Waals surface area (Å²) in [6, 6.07) is 14.1. The van der Waals surface area contributed by atoms with Gasteiger partial charge in [0.1, 0.15) is 11.4 Å². The van der Waals surface area contributed by atoms with Gasteiger partial charge in [0.2, 0.25) is 0 Å². The molecule has 0 fully saturated rings. The first-order valence-electron chi connectivity index (χ1n) is 5.96. The van der Waals surface area contributed by atoms with Gasteiger partial charge in [-0.3, -0.25) is 4.68 Å². The standard InChI is InChI=1S/C15H13BrN2O/c1-18-13-8-7-10(16)9-12(13)15(17-18)11-5-3-4-6-14(11)19-2/h3-9H,1-2H3. The number of benzene rings is 2. The van der Waals surface area contributed by atoms with Crippen molar-refractivity contribution in [2.75, 3.05) is 7.11 Å². The molecule has 19 heavy (non-hydrogen) atoms. The maximum Gasteiger partial charge on any atom is 0.128 e. The van der Waals surface area contributed by atoms with Crippen LogP contribution in [0, 0.1) is 0 Å².